The van der Waals surface area contributed by atoms with Gasteiger partial charge in [-0.05, 0) is 71.2 Å². The molecule has 2 aromatic heterocycles. The molecule has 3 aromatic carbocycles. The summed E-state index contributed by atoms with van der Waals surface area (Å²) in [6.07, 6.45) is 6.65. The van der Waals surface area contributed by atoms with Gasteiger partial charge in [0.1, 0.15) is 17.7 Å². The first-order valence-electron chi connectivity index (χ1n) is 17.4. The standard InChI is InChI=1S/C39H43N7O4/c1-23(2)35(44-39(49)50-4)38(48)46-18-6-8-34(46)37-41-22-32(43-37)30-16-15-28-19-27(13-14-29(28)20-30)25-9-11-26(12-10-25)31-21-40-36(42-31)33-7-5-17-45(33)24(3)47/h9-16,19-23,33-35H,5-8,17-18H2,1-4H3,(H,40,42)(H,41,43)(H,44,49)/t33-,34-,35-/m0/s1. The lowest BCUT2D eigenvalue weighted by Crippen LogP contribution is -2.51. The molecule has 11 nitrogen and oxygen atoms in total. The highest BCUT2D eigenvalue weighted by molar-refractivity contribution is 5.91. The number of carbonyl (C=O) groups is 3. The molecule has 7 rings (SSSR count). The van der Waals surface area contributed by atoms with Gasteiger partial charge >= 0.3 is 6.09 Å². The van der Waals surface area contributed by atoms with E-state index in [0.717, 1.165) is 88.3 Å². The number of likely N-dealkylation sites (tertiary alicyclic amines) is 2. The summed E-state index contributed by atoms with van der Waals surface area (Å²) in [5, 5.41) is 4.95. The number of methoxy groups -OCH3 is 1. The minimum atomic E-state index is -0.673. The number of nitrogens with zero attached hydrogens (tertiary/aromatic N) is 4. The third-order valence-electron chi connectivity index (χ3n) is 10.1. The molecule has 5 aromatic rings. The van der Waals surface area contributed by atoms with Crippen molar-refractivity contribution in [3.05, 3.63) is 84.7 Å². The molecular formula is C39H43N7O4. The van der Waals surface area contributed by atoms with E-state index in [2.05, 4.69) is 80.9 Å². The van der Waals surface area contributed by atoms with E-state index in [-0.39, 0.29) is 29.8 Å². The van der Waals surface area contributed by atoms with E-state index in [1.54, 1.807) is 6.92 Å². The van der Waals surface area contributed by atoms with Gasteiger partial charge in [0, 0.05) is 25.6 Å². The molecule has 3 N–H and O–H groups in total. The highest BCUT2D eigenvalue weighted by Crippen LogP contribution is 2.35. The Kier molecular flexibility index (Phi) is 9.14. The van der Waals surface area contributed by atoms with Crippen LogP contribution < -0.4 is 5.32 Å². The molecule has 0 spiro atoms. The smallest absolute Gasteiger partial charge is 0.407 e. The Balaban J connectivity index is 1.05. The summed E-state index contributed by atoms with van der Waals surface area (Å²) >= 11 is 0. The first-order chi connectivity index (χ1) is 24.2. The number of hydrogen-bond acceptors (Lipinski definition) is 6. The number of rotatable bonds is 8. The molecule has 0 bridgehead atoms. The zero-order chi connectivity index (χ0) is 34.9. The van der Waals surface area contributed by atoms with Crippen LogP contribution >= 0.6 is 0 Å². The number of fused-ring (bicyclic) bond motifs is 1. The summed E-state index contributed by atoms with van der Waals surface area (Å²) in [5.74, 6) is 1.46. The Morgan fingerprint density at radius 3 is 1.88 bits per heavy atom. The first-order valence-corrected chi connectivity index (χ1v) is 17.4. The molecule has 3 atom stereocenters. The SMILES string of the molecule is COC(=O)N[C@H](C(=O)N1CCC[C@H]1c1ncc(-c2ccc3cc(-c4ccc(-c5cnc([C@@H]6CCCN6C(C)=O)[nH]5)cc4)ccc3c2)[nH]1)C(C)C. The number of ether oxygens (including phenoxy) is 1. The van der Waals surface area contributed by atoms with Gasteiger partial charge in [-0.2, -0.15) is 0 Å². The lowest BCUT2D eigenvalue weighted by atomic mass is 9.98. The number of nitrogens with one attached hydrogen (secondary N) is 3. The summed E-state index contributed by atoms with van der Waals surface area (Å²) in [6.45, 7) is 6.83. The molecule has 258 valence electrons. The quantitative estimate of drug-likeness (QED) is 0.162. The van der Waals surface area contributed by atoms with Crippen LogP contribution in [-0.4, -0.2) is 73.9 Å². The van der Waals surface area contributed by atoms with Crippen molar-refractivity contribution in [1.82, 2.24) is 35.1 Å². The summed E-state index contributed by atoms with van der Waals surface area (Å²) in [6, 6.07) is 20.5. The van der Waals surface area contributed by atoms with E-state index < -0.39 is 12.1 Å². The van der Waals surface area contributed by atoms with Crippen LogP contribution in [0.2, 0.25) is 0 Å². The van der Waals surface area contributed by atoms with E-state index in [1.807, 2.05) is 36.0 Å². The Hall–Kier alpha value is -5.45. The second-order valence-corrected chi connectivity index (χ2v) is 13.6. The number of alkyl carbamates (subject to hydrolysis) is 1. The van der Waals surface area contributed by atoms with Crippen LogP contribution in [0.3, 0.4) is 0 Å². The topological polar surface area (TPSA) is 136 Å². The molecular weight excluding hydrogens is 630 g/mol. The van der Waals surface area contributed by atoms with Crippen molar-refractivity contribution in [2.75, 3.05) is 20.2 Å². The van der Waals surface area contributed by atoms with Crippen molar-refractivity contribution in [3.63, 3.8) is 0 Å². The Labute approximate surface area is 291 Å². The number of amides is 3. The molecule has 2 aliphatic heterocycles. The molecule has 4 heterocycles. The Bertz CT molecular complexity index is 2030. The molecule has 0 aliphatic carbocycles. The van der Waals surface area contributed by atoms with E-state index >= 15 is 0 Å². The maximum Gasteiger partial charge on any atom is 0.407 e. The fraction of sp³-hybridized carbons (Fsp3) is 0.359. The lowest BCUT2D eigenvalue weighted by Gasteiger charge is -2.30. The van der Waals surface area contributed by atoms with Crippen molar-refractivity contribution < 1.29 is 19.1 Å². The number of benzene rings is 3. The van der Waals surface area contributed by atoms with Crippen LogP contribution in [0.5, 0.6) is 0 Å². The minimum Gasteiger partial charge on any atom is -0.453 e. The van der Waals surface area contributed by atoms with E-state index in [4.69, 9.17) is 9.72 Å². The van der Waals surface area contributed by atoms with Crippen LogP contribution in [-0.2, 0) is 14.3 Å². The molecule has 2 fully saturated rings. The molecule has 0 unspecified atom stereocenters. The number of imidazole rings is 2. The minimum absolute atomic E-state index is 0.0168. The van der Waals surface area contributed by atoms with Gasteiger partial charge in [0.2, 0.25) is 11.8 Å². The number of H-pyrrole nitrogens is 2. The van der Waals surface area contributed by atoms with Crippen LogP contribution in [0.15, 0.2) is 73.1 Å². The van der Waals surface area contributed by atoms with Crippen LogP contribution in [0.25, 0.3) is 44.4 Å². The molecule has 2 saturated heterocycles. The first kappa shape index (κ1) is 33.1. The molecule has 50 heavy (non-hydrogen) atoms. The Morgan fingerprint density at radius 2 is 1.28 bits per heavy atom. The summed E-state index contributed by atoms with van der Waals surface area (Å²) < 4.78 is 4.76. The fourth-order valence-electron chi connectivity index (χ4n) is 7.36. The predicted octanol–water partition coefficient (Wildman–Crippen LogP) is 7.01. The van der Waals surface area contributed by atoms with Gasteiger partial charge in [-0.25, -0.2) is 14.8 Å². The fourth-order valence-corrected chi connectivity index (χ4v) is 7.36. The maximum absolute atomic E-state index is 13.5. The van der Waals surface area contributed by atoms with Gasteiger partial charge in [0.15, 0.2) is 0 Å². The number of carbonyl (C=O) groups excluding carboxylic acids is 3. The molecule has 0 radical (unpaired) electrons. The molecule has 0 saturated carbocycles. The number of aromatic amines is 2. The largest absolute Gasteiger partial charge is 0.453 e. The number of aromatic nitrogens is 4. The lowest BCUT2D eigenvalue weighted by molar-refractivity contribution is -0.135. The Morgan fingerprint density at radius 1 is 0.760 bits per heavy atom. The van der Waals surface area contributed by atoms with Crippen LogP contribution in [0.4, 0.5) is 4.79 Å². The van der Waals surface area contributed by atoms with Crippen molar-refractivity contribution in [2.45, 2.75) is 64.6 Å². The average Bonchev–Trinajstić information content (AvgIpc) is 3.96. The van der Waals surface area contributed by atoms with Gasteiger partial charge < -0.3 is 29.8 Å². The van der Waals surface area contributed by atoms with Crippen molar-refractivity contribution in [2.24, 2.45) is 5.92 Å². The number of hydrogen-bond donors (Lipinski definition) is 3. The van der Waals surface area contributed by atoms with Crippen LogP contribution in [0.1, 0.15) is 70.2 Å². The van der Waals surface area contributed by atoms with Gasteiger partial charge in [0.05, 0.1) is 43.0 Å². The average molecular weight is 674 g/mol. The van der Waals surface area contributed by atoms with Gasteiger partial charge in [-0.3, -0.25) is 9.59 Å². The zero-order valence-electron chi connectivity index (χ0n) is 28.9. The van der Waals surface area contributed by atoms with E-state index in [1.165, 1.54) is 7.11 Å². The van der Waals surface area contributed by atoms with Gasteiger partial charge in [-0.15, -0.1) is 0 Å². The molecule has 3 amide bonds. The summed E-state index contributed by atoms with van der Waals surface area (Å²) in [4.78, 5) is 57.5. The highest BCUT2D eigenvalue weighted by atomic mass is 16.5. The van der Waals surface area contributed by atoms with Crippen molar-refractivity contribution in [1.29, 1.82) is 0 Å². The maximum atomic E-state index is 13.5. The normalized spacial score (nSPS) is 18.2. The predicted molar refractivity (Wildman–Crippen MR) is 192 cm³/mol. The van der Waals surface area contributed by atoms with E-state index in [0.29, 0.717) is 6.54 Å². The van der Waals surface area contributed by atoms with E-state index in [9.17, 15) is 14.4 Å². The van der Waals surface area contributed by atoms with Crippen molar-refractivity contribution in [3.8, 4) is 33.6 Å². The second-order valence-electron chi connectivity index (χ2n) is 13.6. The van der Waals surface area contributed by atoms with Crippen LogP contribution in [0, 0.1) is 5.92 Å². The third kappa shape index (κ3) is 6.47. The highest BCUT2D eigenvalue weighted by Gasteiger charge is 2.37. The summed E-state index contributed by atoms with van der Waals surface area (Å²) in [5.41, 5.74) is 6.14. The zero-order valence-corrected chi connectivity index (χ0v) is 28.9. The second kappa shape index (κ2) is 13.8. The molecule has 2 aliphatic rings. The van der Waals surface area contributed by atoms with Gasteiger partial charge in [-0.1, -0.05) is 62.4 Å². The molecule has 11 heteroatoms. The van der Waals surface area contributed by atoms with Gasteiger partial charge in [0.25, 0.3) is 0 Å². The van der Waals surface area contributed by atoms with Crippen molar-refractivity contribution >= 4 is 28.7 Å². The third-order valence-corrected chi connectivity index (χ3v) is 10.1. The summed E-state index contributed by atoms with van der Waals surface area (Å²) in [7, 11) is 1.30. The monoisotopic (exact) mass is 673 g/mol.